The first-order valence-corrected chi connectivity index (χ1v) is 4.91. The van der Waals surface area contributed by atoms with Crippen molar-refractivity contribution in [3.05, 3.63) is 41.7 Å². The number of esters is 1. The van der Waals surface area contributed by atoms with Crippen molar-refractivity contribution in [2.75, 3.05) is 7.11 Å². The minimum atomic E-state index is -0.411. The lowest BCUT2D eigenvalue weighted by Gasteiger charge is -1.97. The summed E-state index contributed by atoms with van der Waals surface area (Å²) >= 11 is 0. The molecule has 1 aromatic carbocycles. The van der Waals surface area contributed by atoms with Crippen LogP contribution in [0.25, 0.3) is 11.4 Å². The second kappa shape index (κ2) is 4.18. The van der Waals surface area contributed by atoms with E-state index in [-0.39, 0.29) is 0 Å². The molecule has 4 nitrogen and oxygen atoms in total. The van der Waals surface area contributed by atoms with Gasteiger partial charge in [0.2, 0.25) is 0 Å². The standard InChI is InChI=1S/C12H12N2O2/c1-8-3-5-9(6-4-8)11-13-7-10(14-11)12(15)16-2/h3-7H,1-2H3,(H,13,14). The van der Waals surface area contributed by atoms with E-state index in [1.807, 2.05) is 31.2 Å². The van der Waals surface area contributed by atoms with Gasteiger partial charge in [0.1, 0.15) is 11.5 Å². The minimum Gasteiger partial charge on any atom is -0.464 e. The Morgan fingerprint density at radius 1 is 1.31 bits per heavy atom. The summed E-state index contributed by atoms with van der Waals surface area (Å²) in [5.74, 6) is 0.256. The molecule has 0 amide bonds. The van der Waals surface area contributed by atoms with Gasteiger partial charge < -0.3 is 9.72 Å². The summed E-state index contributed by atoms with van der Waals surface area (Å²) in [4.78, 5) is 18.3. The maximum Gasteiger partial charge on any atom is 0.356 e. The van der Waals surface area contributed by atoms with E-state index in [1.165, 1.54) is 18.9 Å². The summed E-state index contributed by atoms with van der Waals surface area (Å²) in [6.07, 6.45) is 1.47. The molecule has 0 unspecified atom stereocenters. The SMILES string of the molecule is COC(=O)c1cnc(-c2ccc(C)cc2)[nH]1. The molecule has 0 saturated carbocycles. The number of aromatic amines is 1. The molecule has 1 N–H and O–H groups in total. The van der Waals surface area contributed by atoms with Crippen molar-refractivity contribution < 1.29 is 9.53 Å². The molecule has 0 bridgehead atoms. The van der Waals surface area contributed by atoms with Crippen LogP contribution in [-0.4, -0.2) is 23.0 Å². The predicted molar refractivity (Wildman–Crippen MR) is 60.1 cm³/mol. The fourth-order valence-electron chi connectivity index (χ4n) is 1.39. The number of nitrogens with zero attached hydrogens (tertiary/aromatic N) is 1. The first-order chi connectivity index (χ1) is 7.70. The van der Waals surface area contributed by atoms with Gasteiger partial charge in [-0.25, -0.2) is 9.78 Å². The van der Waals surface area contributed by atoms with Gasteiger partial charge in [-0.2, -0.15) is 0 Å². The molecular weight excluding hydrogens is 204 g/mol. The van der Waals surface area contributed by atoms with E-state index >= 15 is 0 Å². The Labute approximate surface area is 93.3 Å². The van der Waals surface area contributed by atoms with Gasteiger partial charge in [0, 0.05) is 5.56 Å². The lowest BCUT2D eigenvalue weighted by atomic mass is 10.1. The molecule has 1 heterocycles. The molecule has 4 heteroatoms. The topological polar surface area (TPSA) is 55.0 Å². The number of carbonyl (C=O) groups excluding carboxylic acids is 1. The molecule has 82 valence electrons. The molecule has 0 spiro atoms. The number of aryl methyl sites for hydroxylation is 1. The van der Waals surface area contributed by atoms with Crippen LogP contribution in [0.1, 0.15) is 16.1 Å². The number of carbonyl (C=O) groups is 1. The average Bonchev–Trinajstić information content (AvgIpc) is 2.78. The van der Waals surface area contributed by atoms with Crippen LogP contribution < -0.4 is 0 Å². The Kier molecular flexibility index (Phi) is 2.72. The summed E-state index contributed by atoms with van der Waals surface area (Å²) in [7, 11) is 1.34. The van der Waals surface area contributed by atoms with Crippen LogP contribution in [0.3, 0.4) is 0 Å². The van der Waals surface area contributed by atoms with E-state index in [1.54, 1.807) is 0 Å². The van der Waals surface area contributed by atoms with Crippen LogP contribution in [0.15, 0.2) is 30.5 Å². The van der Waals surface area contributed by atoms with Crippen molar-refractivity contribution in [2.24, 2.45) is 0 Å². The lowest BCUT2D eigenvalue weighted by Crippen LogP contribution is -2.00. The number of hydrogen-bond acceptors (Lipinski definition) is 3. The third kappa shape index (κ3) is 1.95. The number of aromatic nitrogens is 2. The number of H-pyrrole nitrogens is 1. The number of imidazole rings is 1. The number of rotatable bonds is 2. The Morgan fingerprint density at radius 3 is 2.62 bits per heavy atom. The summed E-state index contributed by atoms with van der Waals surface area (Å²) < 4.78 is 4.59. The zero-order valence-electron chi connectivity index (χ0n) is 9.15. The maximum atomic E-state index is 11.2. The van der Waals surface area contributed by atoms with E-state index in [2.05, 4.69) is 14.7 Å². The molecule has 0 fully saturated rings. The Balaban J connectivity index is 2.31. The average molecular weight is 216 g/mol. The number of methoxy groups -OCH3 is 1. The normalized spacial score (nSPS) is 10.1. The van der Waals surface area contributed by atoms with Crippen LogP contribution in [0.5, 0.6) is 0 Å². The van der Waals surface area contributed by atoms with Gasteiger partial charge in [-0.3, -0.25) is 0 Å². The van der Waals surface area contributed by atoms with Crippen molar-refractivity contribution in [1.82, 2.24) is 9.97 Å². The molecule has 2 aromatic rings. The number of hydrogen-bond donors (Lipinski definition) is 1. The van der Waals surface area contributed by atoms with Crippen LogP contribution >= 0.6 is 0 Å². The van der Waals surface area contributed by atoms with Gasteiger partial charge in [-0.1, -0.05) is 29.8 Å². The zero-order valence-corrected chi connectivity index (χ0v) is 9.15. The van der Waals surface area contributed by atoms with Crippen LogP contribution in [0.2, 0.25) is 0 Å². The third-order valence-corrected chi connectivity index (χ3v) is 2.31. The van der Waals surface area contributed by atoms with E-state index in [4.69, 9.17) is 0 Å². The molecule has 0 aliphatic heterocycles. The summed E-state index contributed by atoms with van der Waals surface area (Å²) in [5.41, 5.74) is 2.49. The van der Waals surface area contributed by atoms with Gasteiger partial charge in [0.15, 0.2) is 0 Å². The molecule has 0 radical (unpaired) electrons. The molecule has 16 heavy (non-hydrogen) atoms. The molecule has 0 saturated heterocycles. The molecule has 1 aromatic heterocycles. The van der Waals surface area contributed by atoms with Crippen LogP contribution in [0, 0.1) is 6.92 Å². The van der Waals surface area contributed by atoms with Gasteiger partial charge in [-0.15, -0.1) is 0 Å². The Bertz CT molecular complexity index is 500. The Hall–Kier alpha value is -2.10. The highest BCUT2D eigenvalue weighted by Crippen LogP contribution is 2.16. The highest BCUT2D eigenvalue weighted by atomic mass is 16.5. The van der Waals surface area contributed by atoms with Crippen molar-refractivity contribution in [1.29, 1.82) is 0 Å². The van der Waals surface area contributed by atoms with Crippen molar-refractivity contribution in [3.63, 3.8) is 0 Å². The highest BCUT2D eigenvalue weighted by molar-refractivity contribution is 5.87. The summed E-state index contributed by atoms with van der Waals surface area (Å²) in [5, 5.41) is 0. The second-order valence-electron chi connectivity index (χ2n) is 3.50. The second-order valence-corrected chi connectivity index (χ2v) is 3.50. The fourth-order valence-corrected chi connectivity index (χ4v) is 1.39. The smallest absolute Gasteiger partial charge is 0.356 e. The quantitative estimate of drug-likeness (QED) is 0.783. The monoisotopic (exact) mass is 216 g/mol. The first-order valence-electron chi connectivity index (χ1n) is 4.91. The van der Waals surface area contributed by atoms with Crippen molar-refractivity contribution in [3.8, 4) is 11.4 Å². The molecule has 0 aliphatic carbocycles. The number of nitrogens with one attached hydrogen (secondary N) is 1. The Morgan fingerprint density at radius 2 is 2.00 bits per heavy atom. The van der Waals surface area contributed by atoms with Gasteiger partial charge in [-0.05, 0) is 6.92 Å². The zero-order chi connectivity index (χ0) is 11.5. The van der Waals surface area contributed by atoms with E-state index in [9.17, 15) is 4.79 Å². The molecule has 0 atom stereocenters. The van der Waals surface area contributed by atoms with Gasteiger partial charge in [0.25, 0.3) is 0 Å². The van der Waals surface area contributed by atoms with E-state index in [0.717, 1.165) is 5.56 Å². The first kappa shape index (κ1) is 10.4. The molecular formula is C12H12N2O2. The fraction of sp³-hybridized carbons (Fsp3) is 0.167. The maximum absolute atomic E-state index is 11.2. The largest absolute Gasteiger partial charge is 0.464 e. The number of ether oxygens (including phenoxy) is 1. The van der Waals surface area contributed by atoms with Crippen molar-refractivity contribution in [2.45, 2.75) is 6.92 Å². The third-order valence-electron chi connectivity index (χ3n) is 2.31. The lowest BCUT2D eigenvalue weighted by molar-refractivity contribution is 0.0595. The highest BCUT2D eigenvalue weighted by Gasteiger charge is 2.09. The molecule has 0 aliphatic rings. The van der Waals surface area contributed by atoms with Crippen LogP contribution in [0.4, 0.5) is 0 Å². The van der Waals surface area contributed by atoms with Gasteiger partial charge in [0.05, 0.1) is 13.3 Å². The number of benzene rings is 1. The van der Waals surface area contributed by atoms with Gasteiger partial charge >= 0.3 is 5.97 Å². The minimum absolute atomic E-state index is 0.359. The molecule has 2 rings (SSSR count). The predicted octanol–water partition coefficient (Wildman–Crippen LogP) is 2.17. The summed E-state index contributed by atoms with van der Waals surface area (Å²) in [6.45, 7) is 2.02. The van der Waals surface area contributed by atoms with Crippen molar-refractivity contribution >= 4 is 5.97 Å². The van der Waals surface area contributed by atoms with E-state index < -0.39 is 5.97 Å². The van der Waals surface area contributed by atoms with Crippen LogP contribution in [-0.2, 0) is 4.74 Å². The van der Waals surface area contributed by atoms with E-state index in [0.29, 0.717) is 11.5 Å². The summed E-state index contributed by atoms with van der Waals surface area (Å²) in [6, 6.07) is 7.90.